The third-order valence-corrected chi connectivity index (χ3v) is 3.38. The first kappa shape index (κ1) is 18.2. The molecule has 0 heterocycles. The molecular weight excluding hydrogens is 276 g/mol. The Labute approximate surface area is 133 Å². The van der Waals surface area contributed by atoms with Crippen molar-refractivity contribution in [2.75, 3.05) is 0 Å². The van der Waals surface area contributed by atoms with Crippen molar-refractivity contribution < 1.29 is 9.59 Å². The molecule has 0 bridgehead atoms. The average Bonchev–Trinajstić information content (AvgIpc) is 2.45. The Morgan fingerprint density at radius 3 is 2.18 bits per heavy atom. The van der Waals surface area contributed by atoms with Gasteiger partial charge in [0.15, 0.2) is 0 Å². The summed E-state index contributed by atoms with van der Waals surface area (Å²) in [6.45, 7) is 10.1. The van der Waals surface area contributed by atoms with Crippen LogP contribution in [0.25, 0.3) is 0 Å². The maximum atomic E-state index is 12.5. The van der Waals surface area contributed by atoms with Crippen molar-refractivity contribution in [1.82, 2.24) is 10.2 Å². The summed E-state index contributed by atoms with van der Waals surface area (Å²) in [5.74, 6) is -0.0903. The number of hydrogen-bond donors (Lipinski definition) is 1. The van der Waals surface area contributed by atoms with Crippen molar-refractivity contribution in [3.63, 3.8) is 0 Å². The van der Waals surface area contributed by atoms with Gasteiger partial charge >= 0.3 is 0 Å². The predicted molar refractivity (Wildman–Crippen MR) is 89.3 cm³/mol. The Morgan fingerprint density at radius 1 is 1.14 bits per heavy atom. The van der Waals surface area contributed by atoms with E-state index in [9.17, 15) is 9.59 Å². The van der Waals surface area contributed by atoms with Crippen molar-refractivity contribution >= 4 is 11.8 Å². The molecule has 0 saturated heterocycles. The van der Waals surface area contributed by atoms with Crippen LogP contribution >= 0.6 is 0 Å². The van der Waals surface area contributed by atoms with Crippen LogP contribution in [0.1, 0.15) is 53.0 Å². The van der Waals surface area contributed by atoms with Crippen LogP contribution in [0.3, 0.4) is 0 Å². The second-order valence-corrected chi connectivity index (χ2v) is 6.52. The molecule has 0 aromatic heterocycles. The molecule has 122 valence electrons. The summed E-state index contributed by atoms with van der Waals surface area (Å²) >= 11 is 0. The zero-order valence-corrected chi connectivity index (χ0v) is 14.3. The highest BCUT2D eigenvalue weighted by Crippen LogP contribution is 2.14. The van der Waals surface area contributed by atoms with Crippen LogP contribution in [0.15, 0.2) is 30.3 Å². The standard InChI is InChI=1S/C18H28N2O2/c1-6-15(17(22)19-18(3,4)5)20(16(21)7-2)13-14-11-9-8-10-12-14/h8-12,15H,6-7,13H2,1-5H3,(H,19,22)/t15-/m0/s1. The monoisotopic (exact) mass is 304 g/mol. The Kier molecular flexibility index (Phi) is 6.60. The van der Waals surface area contributed by atoms with Gasteiger partial charge in [0.25, 0.3) is 0 Å². The summed E-state index contributed by atoms with van der Waals surface area (Å²) in [4.78, 5) is 26.6. The predicted octanol–water partition coefficient (Wildman–Crippen LogP) is 3.12. The highest BCUT2D eigenvalue weighted by atomic mass is 16.2. The normalized spacial score (nSPS) is 12.6. The molecule has 4 heteroatoms. The number of rotatable bonds is 6. The lowest BCUT2D eigenvalue weighted by molar-refractivity contribution is -0.141. The van der Waals surface area contributed by atoms with Gasteiger partial charge in [-0.25, -0.2) is 0 Å². The molecule has 4 nitrogen and oxygen atoms in total. The van der Waals surface area contributed by atoms with Crippen molar-refractivity contribution in [2.45, 2.75) is 65.6 Å². The summed E-state index contributed by atoms with van der Waals surface area (Å²) in [6.07, 6.45) is 0.993. The van der Waals surface area contributed by atoms with Crippen LogP contribution < -0.4 is 5.32 Å². The highest BCUT2D eigenvalue weighted by molar-refractivity contribution is 5.87. The zero-order valence-electron chi connectivity index (χ0n) is 14.3. The van der Waals surface area contributed by atoms with E-state index < -0.39 is 6.04 Å². The van der Waals surface area contributed by atoms with Gasteiger partial charge in [-0.2, -0.15) is 0 Å². The third-order valence-electron chi connectivity index (χ3n) is 3.38. The number of hydrogen-bond acceptors (Lipinski definition) is 2. The van der Waals surface area contributed by atoms with E-state index in [-0.39, 0.29) is 17.4 Å². The second-order valence-electron chi connectivity index (χ2n) is 6.52. The van der Waals surface area contributed by atoms with Crippen molar-refractivity contribution in [3.8, 4) is 0 Å². The third kappa shape index (κ3) is 5.51. The number of amides is 2. The number of carbonyl (C=O) groups excluding carboxylic acids is 2. The molecule has 0 aliphatic rings. The molecule has 0 fully saturated rings. The van der Waals surface area contributed by atoms with E-state index in [1.807, 2.05) is 65.0 Å². The van der Waals surface area contributed by atoms with Crippen molar-refractivity contribution in [3.05, 3.63) is 35.9 Å². The van der Waals surface area contributed by atoms with E-state index in [4.69, 9.17) is 0 Å². The molecule has 22 heavy (non-hydrogen) atoms. The quantitative estimate of drug-likeness (QED) is 0.878. The molecular formula is C18H28N2O2. The first-order valence-electron chi connectivity index (χ1n) is 7.94. The van der Waals surface area contributed by atoms with E-state index in [0.717, 1.165) is 5.56 Å². The molecule has 1 N–H and O–H groups in total. The van der Waals surface area contributed by atoms with Crippen LogP contribution in [0.4, 0.5) is 0 Å². The summed E-state index contributed by atoms with van der Waals surface area (Å²) < 4.78 is 0. The SMILES string of the molecule is CCC(=O)N(Cc1ccccc1)[C@@H](CC)C(=O)NC(C)(C)C. The topological polar surface area (TPSA) is 49.4 Å². The molecule has 1 atom stereocenters. The number of nitrogens with zero attached hydrogens (tertiary/aromatic N) is 1. The smallest absolute Gasteiger partial charge is 0.243 e. The van der Waals surface area contributed by atoms with Gasteiger partial charge in [-0.15, -0.1) is 0 Å². The van der Waals surface area contributed by atoms with Gasteiger partial charge in [-0.05, 0) is 32.8 Å². The van der Waals surface area contributed by atoms with Gasteiger partial charge in [0, 0.05) is 18.5 Å². The Morgan fingerprint density at radius 2 is 1.73 bits per heavy atom. The minimum absolute atomic E-state index is 0.000220. The summed E-state index contributed by atoms with van der Waals surface area (Å²) in [5.41, 5.74) is 0.726. The van der Waals surface area contributed by atoms with Gasteiger partial charge < -0.3 is 10.2 Å². The Balaban J connectivity index is 2.97. The lowest BCUT2D eigenvalue weighted by Gasteiger charge is -2.33. The molecule has 2 amide bonds. The molecule has 1 aromatic carbocycles. The van der Waals surface area contributed by atoms with Gasteiger partial charge in [-0.3, -0.25) is 9.59 Å². The van der Waals surface area contributed by atoms with Gasteiger partial charge in [0.1, 0.15) is 6.04 Å². The van der Waals surface area contributed by atoms with Crippen molar-refractivity contribution in [2.24, 2.45) is 0 Å². The van der Waals surface area contributed by atoms with Crippen LogP contribution in [0.5, 0.6) is 0 Å². The van der Waals surface area contributed by atoms with Gasteiger partial charge in [-0.1, -0.05) is 44.2 Å². The number of benzene rings is 1. The number of carbonyl (C=O) groups is 2. The first-order valence-corrected chi connectivity index (χ1v) is 7.94. The minimum atomic E-state index is -0.438. The average molecular weight is 304 g/mol. The van der Waals surface area contributed by atoms with E-state index in [1.54, 1.807) is 4.90 Å². The van der Waals surface area contributed by atoms with Crippen LogP contribution in [-0.4, -0.2) is 28.3 Å². The molecule has 0 aliphatic heterocycles. The lowest BCUT2D eigenvalue weighted by Crippen LogP contribution is -2.53. The van der Waals surface area contributed by atoms with Gasteiger partial charge in [0.2, 0.25) is 11.8 Å². The van der Waals surface area contributed by atoms with Crippen LogP contribution in [0, 0.1) is 0 Å². The van der Waals surface area contributed by atoms with E-state index in [1.165, 1.54) is 0 Å². The fourth-order valence-electron chi connectivity index (χ4n) is 2.36. The molecule has 0 saturated carbocycles. The molecule has 1 rings (SSSR count). The molecule has 0 unspecified atom stereocenters. The second kappa shape index (κ2) is 7.97. The largest absolute Gasteiger partial charge is 0.350 e. The lowest BCUT2D eigenvalue weighted by atomic mass is 10.1. The Bertz CT molecular complexity index is 492. The van der Waals surface area contributed by atoms with E-state index >= 15 is 0 Å². The van der Waals surface area contributed by atoms with Gasteiger partial charge in [0.05, 0.1) is 0 Å². The van der Waals surface area contributed by atoms with Crippen LogP contribution in [0.2, 0.25) is 0 Å². The fraction of sp³-hybridized carbons (Fsp3) is 0.556. The maximum Gasteiger partial charge on any atom is 0.243 e. The molecule has 0 spiro atoms. The molecule has 0 radical (unpaired) electrons. The Hall–Kier alpha value is -1.84. The zero-order chi connectivity index (χ0) is 16.8. The molecule has 0 aliphatic carbocycles. The summed E-state index contributed by atoms with van der Waals surface area (Å²) in [7, 11) is 0. The van der Waals surface area contributed by atoms with E-state index in [2.05, 4.69) is 5.32 Å². The maximum absolute atomic E-state index is 12.5. The summed E-state index contributed by atoms with van der Waals surface area (Å²) in [5, 5.41) is 2.98. The fourth-order valence-corrected chi connectivity index (χ4v) is 2.36. The molecule has 1 aromatic rings. The highest BCUT2D eigenvalue weighted by Gasteiger charge is 2.29. The summed E-state index contributed by atoms with van der Waals surface area (Å²) in [6, 6.07) is 9.35. The first-order chi connectivity index (χ1) is 10.3. The van der Waals surface area contributed by atoms with Crippen LogP contribution in [-0.2, 0) is 16.1 Å². The van der Waals surface area contributed by atoms with E-state index in [0.29, 0.717) is 19.4 Å². The minimum Gasteiger partial charge on any atom is -0.350 e. The van der Waals surface area contributed by atoms with Crippen molar-refractivity contribution in [1.29, 1.82) is 0 Å². The number of nitrogens with one attached hydrogen (secondary N) is 1.